The van der Waals surface area contributed by atoms with Crippen molar-refractivity contribution in [1.29, 1.82) is 0 Å². The molecule has 3 amide bonds. The molecule has 2 aliphatic rings. The summed E-state index contributed by atoms with van der Waals surface area (Å²) in [5.74, 6) is -0.757. The topological polar surface area (TPSA) is 78.5 Å². The van der Waals surface area contributed by atoms with Crippen LogP contribution in [0.1, 0.15) is 53.6 Å². The third kappa shape index (κ3) is 4.95. The summed E-state index contributed by atoms with van der Waals surface area (Å²) in [5, 5.41) is 5.81. The second-order valence-electron chi connectivity index (χ2n) is 8.59. The number of aryl methyl sites for hydroxylation is 1. The van der Waals surface area contributed by atoms with Gasteiger partial charge in [0.05, 0.1) is 17.2 Å². The third-order valence-electron chi connectivity index (χ3n) is 6.30. The molecule has 2 aromatic rings. The minimum atomic E-state index is -0.378. The number of carbonyl (C=O) groups is 3. The van der Waals surface area contributed by atoms with E-state index in [0.717, 1.165) is 31.2 Å². The van der Waals surface area contributed by atoms with E-state index in [0.29, 0.717) is 24.3 Å². The molecule has 1 atom stereocenters. The Bertz CT molecular complexity index is 964. The first-order valence-corrected chi connectivity index (χ1v) is 11.0. The second kappa shape index (κ2) is 9.33. The number of rotatable bonds is 6. The van der Waals surface area contributed by atoms with Crippen LogP contribution in [0.4, 0.5) is 5.69 Å². The number of para-hydroxylation sites is 1. The van der Waals surface area contributed by atoms with E-state index >= 15 is 0 Å². The van der Waals surface area contributed by atoms with Crippen molar-refractivity contribution < 1.29 is 14.4 Å². The molecule has 1 saturated carbocycles. The van der Waals surface area contributed by atoms with Crippen LogP contribution in [0.5, 0.6) is 0 Å². The molecule has 1 aliphatic carbocycles. The highest BCUT2D eigenvalue weighted by molar-refractivity contribution is 6.05. The van der Waals surface area contributed by atoms with Gasteiger partial charge in [-0.3, -0.25) is 14.4 Å². The molecule has 0 unspecified atom stereocenters. The molecule has 1 saturated heterocycles. The summed E-state index contributed by atoms with van der Waals surface area (Å²) in [7, 11) is 0. The van der Waals surface area contributed by atoms with E-state index in [4.69, 9.17) is 0 Å². The molecule has 2 fully saturated rings. The van der Waals surface area contributed by atoms with E-state index < -0.39 is 0 Å². The molecule has 0 spiro atoms. The summed E-state index contributed by atoms with van der Waals surface area (Å²) in [4.78, 5) is 40.0. The number of nitrogens with one attached hydrogen (secondary N) is 2. The highest BCUT2D eigenvalue weighted by atomic mass is 16.2. The van der Waals surface area contributed by atoms with Crippen molar-refractivity contribution in [3.63, 3.8) is 0 Å². The van der Waals surface area contributed by atoms with Gasteiger partial charge < -0.3 is 15.5 Å². The monoisotopic (exact) mass is 419 g/mol. The summed E-state index contributed by atoms with van der Waals surface area (Å²) in [6.07, 6.45) is 4.60. The first-order chi connectivity index (χ1) is 15.0. The Labute approximate surface area is 183 Å². The van der Waals surface area contributed by atoms with Crippen molar-refractivity contribution in [1.82, 2.24) is 10.2 Å². The van der Waals surface area contributed by atoms with Crippen LogP contribution < -0.4 is 10.6 Å². The van der Waals surface area contributed by atoms with Crippen LogP contribution in [0.3, 0.4) is 0 Å². The number of anilines is 1. The summed E-state index contributed by atoms with van der Waals surface area (Å²) >= 11 is 0. The standard InChI is InChI=1S/C25H29N3O3/c1-17-10-12-18(13-11-17)15-26-25(31)21-8-4-5-9-22(21)27-24(30)19-14-23(29)28(16-19)20-6-2-3-7-20/h4-5,8-13,19-20H,2-3,6-7,14-16H2,1H3,(H,26,31)(H,27,30)/t19-/m0/s1. The number of nitrogens with zero attached hydrogens (tertiary/aromatic N) is 1. The highest BCUT2D eigenvalue weighted by Gasteiger charge is 2.38. The fourth-order valence-electron chi connectivity index (χ4n) is 4.48. The lowest BCUT2D eigenvalue weighted by Crippen LogP contribution is -2.35. The summed E-state index contributed by atoms with van der Waals surface area (Å²) in [6.45, 7) is 2.90. The van der Waals surface area contributed by atoms with Gasteiger partial charge in [0.15, 0.2) is 0 Å². The lowest BCUT2D eigenvalue weighted by molar-refractivity contribution is -0.129. The molecule has 6 heteroatoms. The largest absolute Gasteiger partial charge is 0.348 e. The zero-order valence-electron chi connectivity index (χ0n) is 17.9. The van der Waals surface area contributed by atoms with Gasteiger partial charge in [-0.15, -0.1) is 0 Å². The minimum absolute atomic E-state index is 0.0659. The molecule has 6 nitrogen and oxygen atoms in total. The Balaban J connectivity index is 1.38. The Hall–Kier alpha value is -3.15. The van der Waals surface area contributed by atoms with E-state index in [-0.39, 0.29) is 36.1 Å². The Morgan fingerprint density at radius 1 is 1.03 bits per heavy atom. The zero-order valence-corrected chi connectivity index (χ0v) is 17.9. The molecule has 2 N–H and O–H groups in total. The highest BCUT2D eigenvalue weighted by Crippen LogP contribution is 2.30. The van der Waals surface area contributed by atoms with Crippen LogP contribution in [0.25, 0.3) is 0 Å². The number of benzene rings is 2. The Morgan fingerprint density at radius 2 is 1.74 bits per heavy atom. The van der Waals surface area contributed by atoms with Gasteiger partial charge >= 0.3 is 0 Å². The van der Waals surface area contributed by atoms with Crippen molar-refractivity contribution in [3.05, 3.63) is 65.2 Å². The maximum atomic E-state index is 12.9. The molecule has 4 rings (SSSR count). The number of amides is 3. The first-order valence-electron chi connectivity index (χ1n) is 11.0. The fourth-order valence-corrected chi connectivity index (χ4v) is 4.48. The van der Waals surface area contributed by atoms with Crippen LogP contribution in [0.2, 0.25) is 0 Å². The van der Waals surface area contributed by atoms with Gasteiger partial charge in [-0.05, 0) is 37.5 Å². The van der Waals surface area contributed by atoms with E-state index in [9.17, 15) is 14.4 Å². The zero-order chi connectivity index (χ0) is 21.8. The van der Waals surface area contributed by atoms with E-state index in [2.05, 4.69) is 10.6 Å². The first kappa shape index (κ1) is 21.1. The van der Waals surface area contributed by atoms with Crippen molar-refractivity contribution >= 4 is 23.4 Å². The molecule has 1 heterocycles. The number of likely N-dealkylation sites (tertiary alicyclic amines) is 1. The minimum Gasteiger partial charge on any atom is -0.348 e. The predicted molar refractivity (Wildman–Crippen MR) is 119 cm³/mol. The van der Waals surface area contributed by atoms with Crippen LogP contribution in [-0.2, 0) is 16.1 Å². The van der Waals surface area contributed by atoms with Crippen LogP contribution in [0, 0.1) is 12.8 Å². The van der Waals surface area contributed by atoms with Crippen LogP contribution in [0.15, 0.2) is 48.5 Å². The normalized spacial score (nSPS) is 18.9. The molecule has 0 radical (unpaired) electrons. The molecule has 2 aromatic carbocycles. The van der Waals surface area contributed by atoms with Gasteiger partial charge in [0.2, 0.25) is 11.8 Å². The SMILES string of the molecule is Cc1ccc(CNC(=O)c2ccccc2NC(=O)[C@H]2CC(=O)N(C3CCCC3)C2)cc1. The summed E-state index contributed by atoms with van der Waals surface area (Å²) in [6, 6.07) is 15.3. The van der Waals surface area contributed by atoms with Crippen molar-refractivity contribution in [2.75, 3.05) is 11.9 Å². The molecule has 0 aromatic heterocycles. The lowest BCUT2D eigenvalue weighted by atomic mass is 10.1. The molecule has 162 valence electrons. The van der Waals surface area contributed by atoms with Crippen molar-refractivity contribution in [3.8, 4) is 0 Å². The van der Waals surface area contributed by atoms with Gasteiger partial charge in [-0.25, -0.2) is 0 Å². The van der Waals surface area contributed by atoms with E-state index in [1.54, 1.807) is 24.3 Å². The van der Waals surface area contributed by atoms with Gasteiger partial charge in [0.25, 0.3) is 5.91 Å². The number of hydrogen-bond acceptors (Lipinski definition) is 3. The van der Waals surface area contributed by atoms with E-state index in [1.807, 2.05) is 36.1 Å². The Kier molecular flexibility index (Phi) is 6.35. The van der Waals surface area contributed by atoms with E-state index in [1.165, 1.54) is 5.56 Å². The smallest absolute Gasteiger partial charge is 0.253 e. The molecular formula is C25H29N3O3. The molecule has 31 heavy (non-hydrogen) atoms. The van der Waals surface area contributed by atoms with Crippen molar-refractivity contribution in [2.24, 2.45) is 5.92 Å². The second-order valence-corrected chi connectivity index (χ2v) is 8.59. The molecule has 0 bridgehead atoms. The van der Waals surface area contributed by atoms with Gasteiger partial charge in [0.1, 0.15) is 0 Å². The quantitative estimate of drug-likeness (QED) is 0.750. The van der Waals surface area contributed by atoms with Gasteiger partial charge in [-0.1, -0.05) is 54.8 Å². The predicted octanol–water partition coefficient (Wildman–Crippen LogP) is 3.65. The maximum Gasteiger partial charge on any atom is 0.253 e. The van der Waals surface area contributed by atoms with Crippen molar-refractivity contribution in [2.45, 2.75) is 51.6 Å². The van der Waals surface area contributed by atoms with Crippen LogP contribution in [-0.4, -0.2) is 35.2 Å². The van der Waals surface area contributed by atoms with Gasteiger partial charge in [0, 0.05) is 25.6 Å². The molecule has 1 aliphatic heterocycles. The fraction of sp³-hybridized carbons (Fsp3) is 0.400. The van der Waals surface area contributed by atoms with Crippen LogP contribution >= 0.6 is 0 Å². The number of hydrogen-bond donors (Lipinski definition) is 2. The average Bonchev–Trinajstić information content (AvgIpc) is 3.43. The third-order valence-corrected chi connectivity index (χ3v) is 6.30. The maximum absolute atomic E-state index is 12.9. The lowest BCUT2D eigenvalue weighted by Gasteiger charge is -2.24. The average molecular weight is 420 g/mol. The summed E-state index contributed by atoms with van der Waals surface area (Å²) < 4.78 is 0. The molecular weight excluding hydrogens is 390 g/mol. The van der Waals surface area contributed by atoms with Gasteiger partial charge in [-0.2, -0.15) is 0 Å². The number of carbonyl (C=O) groups excluding carboxylic acids is 3. The summed E-state index contributed by atoms with van der Waals surface area (Å²) in [5.41, 5.74) is 3.07. The Morgan fingerprint density at radius 3 is 2.48 bits per heavy atom.